The molecule has 0 aliphatic heterocycles. The van der Waals surface area contributed by atoms with E-state index in [0.29, 0.717) is 10.0 Å². The normalized spacial score (nSPS) is 11.7. The SMILES string of the molecule is OCC(CO)(Cc1c(F)cccc1F)c1ccccc1Br. The Morgan fingerprint density at radius 3 is 2.00 bits per heavy atom. The highest BCUT2D eigenvalue weighted by Crippen LogP contribution is 2.34. The van der Waals surface area contributed by atoms with Gasteiger partial charge in [-0.15, -0.1) is 0 Å². The zero-order chi connectivity index (χ0) is 15.5. The van der Waals surface area contributed by atoms with E-state index in [-0.39, 0.29) is 12.0 Å². The zero-order valence-electron chi connectivity index (χ0n) is 11.2. The van der Waals surface area contributed by atoms with Gasteiger partial charge in [0.25, 0.3) is 0 Å². The van der Waals surface area contributed by atoms with E-state index >= 15 is 0 Å². The smallest absolute Gasteiger partial charge is 0.129 e. The minimum atomic E-state index is -1.16. The number of halogens is 3. The van der Waals surface area contributed by atoms with Gasteiger partial charge in [0.05, 0.1) is 13.2 Å². The molecule has 0 spiro atoms. The second kappa shape index (κ2) is 6.64. The van der Waals surface area contributed by atoms with E-state index in [2.05, 4.69) is 15.9 Å². The summed E-state index contributed by atoms with van der Waals surface area (Å²) in [6.07, 6.45) is -0.138. The van der Waals surface area contributed by atoms with Gasteiger partial charge in [0, 0.05) is 15.5 Å². The minimum absolute atomic E-state index is 0.138. The van der Waals surface area contributed by atoms with Crippen molar-refractivity contribution in [2.24, 2.45) is 0 Å². The summed E-state index contributed by atoms with van der Waals surface area (Å²) in [7, 11) is 0. The third-order valence-corrected chi connectivity index (χ3v) is 4.32. The van der Waals surface area contributed by atoms with Gasteiger partial charge in [-0.1, -0.05) is 40.2 Å². The van der Waals surface area contributed by atoms with Crippen LogP contribution in [0.5, 0.6) is 0 Å². The maximum Gasteiger partial charge on any atom is 0.129 e. The summed E-state index contributed by atoms with van der Waals surface area (Å²) in [5.41, 5.74) is -0.697. The van der Waals surface area contributed by atoms with Gasteiger partial charge in [-0.2, -0.15) is 0 Å². The van der Waals surface area contributed by atoms with Crippen molar-refractivity contribution in [3.8, 4) is 0 Å². The summed E-state index contributed by atoms with van der Waals surface area (Å²) in [6, 6.07) is 10.6. The first-order chi connectivity index (χ1) is 10.0. The Kier molecular flexibility index (Phi) is 5.08. The molecular weight excluding hydrogens is 342 g/mol. The van der Waals surface area contributed by atoms with Crippen LogP contribution in [0.3, 0.4) is 0 Å². The number of aliphatic hydroxyl groups excluding tert-OH is 2. The van der Waals surface area contributed by atoms with E-state index in [1.807, 2.05) is 0 Å². The van der Waals surface area contributed by atoms with Crippen LogP contribution in [-0.2, 0) is 11.8 Å². The number of hydrogen-bond acceptors (Lipinski definition) is 2. The van der Waals surface area contributed by atoms with Crippen LogP contribution < -0.4 is 0 Å². The molecule has 0 bridgehead atoms. The molecule has 21 heavy (non-hydrogen) atoms. The van der Waals surface area contributed by atoms with E-state index in [1.54, 1.807) is 24.3 Å². The van der Waals surface area contributed by atoms with Crippen LogP contribution in [0.2, 0.25) is 0 Å². The first-order valence-electron chi connectivity index (χ1n) is 6.43. The van der Waals surface area contributed by atoms with Crippen LogP contribution in [0.25, 0.3) is 0 Å². The molecule has 0 aliphatic carbocycles. The van der Waals surface area contributed by atoms with E-state index in [1.165, 1.54) is 6.07 Å². The molecule has 5 heteroatoms. The largest absolute Gasteiger partial charge is 0.395 e. The Labute approximate surface area is 130 Å². The fourth-order valence-corrected chi connectivity index (χ4v) is 3.06. The summed E-state index contributed by atoms with van der Waals surface area (Å²) >= 11 is 3.35. The highest BCUT2D eigenvalue weighted by Gasteiger charge is 2.34. The average molecular weight is 357 g/mol. The predicted molar refractivity (Wildman–Crippen MR) is 80.1 cm³/mol. The second-order valence-corrected chi connectivity index (χ2v) is 5.81. The minimum Gasteiger partial charge on any atom is -0.395 e. The summed E-state index contributed by atoms with van der Waals surface area (Å²) in [4.78, 5) is 0. The molecule has 112 valence electrons. The molecule has 0 aliphatic rings. The molecule has 0 fully saturated rings. The number of benzene rings is 2. The maximum absolute atomic E-state index is 13.9. The van der Waals surface area contributed by atoms with Crippen molar-refractivity contribution in [2.75, 3.05) is 13.2 Å². The summed E-state index contributed by atoms with van der Waals surface area (Å²) in [5.74, 6) is -1.37. The van der Waals surface area contributed by atoms with Gasteiger partial charge < -0.3 is 10.2 Å². The molecule has 0 saturated heterocycles. The fourth-order valence-electron chi connectivity index (χ4n) is 2.36. The van der Waals surface area contributed by atoms with Gasteiger partial charge in [-0.25, -0.2) is 8.78 Å². The van der Waals surface area contributed by atoms with Crippen LogP contribution in [0.1, 0.15) is 11.1 Å². The lowest BCUT2D eigenvalue weighted by atomic mass is 9.76. The van der Waals surface area contributed by atoms with Crippen molar-refractivity contribution in [3.05, 3.63) is 69.7 Å². The number of rotatable bonds is 5. The summed E-state index contributed by atoms with van der Waals surface area (Å²) in [6.45, 7) is -0.861. The number of hydrogen-bond donors (Lipinski definition) is 2. The fraction of sp³-hybridized carbons (Fsp3) is 0.250. The molecule has 2 N–H and O–H groups in total. The standard InChI is InChI=1S/C16H15BrF2O2/c17-13-5-2-1-4-12(13)16(9-20,10-21)8-11-14(18)6-3-7-15(11)19/h1-7,20-21H,8-10H2. The van der Waals surface area contributed by atoms with Crippen molar-refractivity contribution < 1.29 is 19.0 Å². The molecule has 0 radical (unpaired) electrons. The molecule has 0 atom stereocenters. The third kappa shape index (κ3) is 3.15. The molecule has 2 aromatic rings. The first-order valence-corrected chi connectivity index (χ1v) is 7.23. The predicted octanol–water partition coefficient (Wildman–Crippen LogP) is 3.19. The Morgan fingerprint density at radius 1 is 0.905 bits per heavy atom. The molecule has 0 saturated carbocycles. The molecule has 0 unspecified atom stereocenters. The third-order valence-electron chi connectivity index (χ3n) is 3.63. The van der Waals surface area contributed by atoms with E-state index in [9.17, 15) is 19.0 Å². The molecule has 2 aromatic carbocycles. The summed E-state index contributed by atoms with van der Waals surface area (Å²) in [5, 5.41) is 19.5. The second-order valence-electron chi connectivity index (χ2n) is 4.95. The van der Waals surface area contributed by atoms with Crippen molar-refractivity contribution in [2.45, 2.75) is 11.8 Å². The molecule has 0 heterocycles. The van der Waals surface area contributed by atoms with Gasteiger partial charge >= 0.3 is 0 Å². The molecular formula is C16H15BrF2O2. The first kappa shape index (κ1) is 16.1. The van der Waals surface area contributed by atoms with E-state index < -0.39 is 30.3 Å². The molecule has 0 aromatic heterocycles. The zero-order valence-corrected chi connectivity index (χ0v) is 12.8. The molecule has 2 rings (SSSR count). The monoisotopic (exact) mass is 356 g/mol. The van der Waals surface area contributed by atoms with Crippen LogP contribution >= 0.6 is 15.9 Å². The lowest BCUT2D eigenvalue weighted by Gasteiger charge is -2.31. The van der Waals surface area contributed by atoms with Crippen molar-refractivity contribution in [1.29, 1.82) is 0 Å². The van der Waals surface area contributed by atoms with Gasteiger partial charge in [0.2, 0.25) is 0 Å². The van der Waals surface area contributed by atoms with Crippen molar-refractivity contribution in [3.63, 3.8) is 0 Å². The Morgan fingerprint density at radius 2 is 1.48 bits per heavy atom. The van der Waals surface area contributed by atoms with Crippen LogP contribution in [0.15, 0.2) is 46.9 Å². The molecule has 0 amide bonds. The van der Waals surface area contributed by atoms with Crippen LogP contribution in [-0.4, -0.2) is 23.4 Å². The number of aliphatic hydroxyl groups is 2. The Bertz CT molecular complexity index is 607. The highest BCUT2D eigenvalue weighted by molar-refractivity contribution is 9.10. The quantitative estimate of drug-likeness (QED) is 0.863. The van der Waals surface area contributed by atoms with Gasteiger partial charge in [0.1, 0.15) is 11.6 Å². The van der Waals surface area contributed by atoms with Crippen LogP contribution in [0, 0.1) is 11.6 Å². The van der Waals surface area contributed by atoms with E-state index in [4.69, 9.17) is 0 Å². The van der Waals surface area contributed by atoms with Gasteiger partial charge in [0.15, 0.2) is 0 Å². The topological polar surface area (TPSA) is 40.5 Å². The van der Waals surface area contributed by atoms with Crippen molar-refractivity contribution in [1.82, 2.24) is 0 Å². The maximum atomic E-state index is 13.9. The Balaban J connectivity index is 2.51. The van der Waals surface area contributed by atoms with Gasteiger partial charge in [-0.3, -0.25) is 0 Å². The Hall–Kier alpha value is -1.30. The van der Waals surface area contributed by atoms with Gasteiger partial charge in [-0.05, 0) is 30.2 Å². The summed E-state index contributed by atoms with van der Waals surface area (Å²) < 4.78 is 28.4. The average Bonchev–Trinajstić information content (AvgIpc) is 2.49. The lowest BCUT2D eigenvalue weighted by Crippen LogP contribution is -2.38. The van der Waals surface area contributed by atoms with E-state index in [0.717, 1.165) is 12.1 Å². The molecule has 2 nitrogen and oxygen atoms in total. The van der Waals surface area contributed by atoms with Crippen LogP contribution in [0.4, 0.5) is 8.78 Å². The lowest BCUT2D eigenvalue weighted by molar-refractivity contribution is 0.114. The highest BCUT2D eigenvalue weighted by atomic mass is 79.9. The van der Waals surface area contributed by atoms with Crippen molar-refractivity contribution >= 4 is 15.9 Å².